The first-order valence-corrected chi connectivity index (χ1v) is 6.72. The number of aromatic amines is 1. The van der Waals surface area contributed by atoms with Gasteiger partial charge in [-0.1, -0.05) is 29.8 Å². The Hall–Kier alpha value is -1.26. The molecule has 0 aliphatic carbocycles. The molecular weight excluding hydrogens is 246 g/mol. The van der Waals surface area contributed by atoms with Gasteiger partial charge in [0.25, 0.3) is 0 Å². The van der Waals surface area contributed by atoms with Crippen LogP contribution in [0.2, 0.25) is 5.02 Å². The zero-order valence-corrected chi connectivity index (χ0v) is 9.92. The lowest BCUT2D eigenvalue weighted by molar-refractivity contribution is 0.592. The van der Waals surface area contributed by atoms with Gasteiger partial charge < -0.3 is 4.98 Å². The Balaban J connectivity index is 2.33. The molecule has 0 radical (unpaired) electrons. The molecule has 0 unspecified atom stereocenters. The second-order valence-electron chi connectivity index (χ2n) is 3.38. The Bertz CT molecular complexity index is 576. The third-order valence-corrected chi connectivity index (χ3v) is 4.19. The molecular formula is C11H10ClNO2S. The number of hydrogen-bond acceptors (Lipinski definition) is 2. The summed E-state index contributed by atoms with van der Waals surface area (Å²) in [6, 6.07) is 10.1. The maximum atomic E-state index is 11.9. The van der Waals surface area contributed by atoms with Crippen molar-refractivity contribution in [2.24, 2.45) is 0 Å². The molecule has 1 heterocycles. The molecule has 0 aliphatic rings. The molecule has 0 saturated heterocycles. The van der Waals surface area contributed by atoms with Gasteiger partial charge in [0, 0.05) is 11.2 Å². The first-order chi connectivity index (χ1) is 7.59. The van der Waals surface area contributed by atoms with E-state index in [2.05, 4.69) is 4.98 Å². The van der Waals surface area contributed by atoms with Crippen molar-refractivity contribution in [3.8, 4) is 0 Å². The second-order valence-corrected chi connectivity index (χ2v) is 5.75. The number of aromatic nitrogens is 1. The molecule has 1 N–H and O–H groups in total. The van der Waals surface area contributed by atoms with E-state index in [-0.39, 0.29) is 10.8 Å². The van der Waals surface area contributed by atoms with Gasteiger partial charge in [-0.3, -0.25) is 0 Å². The van der Waals surface area contributed by atoms with Gasteiger partial charge in [0.2, 0.25) is 0 Å². The van der Waals surface area contributed by atoms with Gasteiger partial charge >= 0.3 is 0 Å². The maximum absolute atomic E-state index is 11.9. The number of H-pyrrole nitrogens is 1. The fourth-order valence-electron chi connectivity index (χ4n) is 1.41. The molecule has 1 aromatic carbocycles. The van der Waals surface area contributed by atoms with Crippen molar-refractivity contribution >= 4 is 21.4 Å². The predicted molar refractivity (Wildman–Crippen MR) is 63.1 cm³/mol. The van der Waals surface area contributed by atoms with Crippen molar-refractivity contribution in [3.05, 3.63) is 53.2 Å². The van der Waals surface area contributed by atoms with E-state index >= 15 is 0 Å². The molecule has 84 valence electrons. The van der Waals surface area contributed by atoms with Crippen LogP contribution in [0.5, 0.6) is 0 Å². The molecule has 16 heavy (non-hydrogen) atoms. The van der Waals surface area contributed by atoms with Crippen molar-refractivity contribution in [3.63, 3.8) is 0 Å². The number of halogens is 1. The average molecular weight is 256 g/mol. The van der Waals surface area contributed by atoms with Crippen LogP contribution in [0.4, 0.5) is 0 Å². The summed E-state index contributed by atoms with van der Waals surface area (Å²) in [4.78, 5) is 2.69. The Morgan fingerprint density at radius 2 is 1.88 bits per heavy atom. The van der Waals surface area contributed by atoms with E-state index in [9.17, 15) is 8.42 Å². The summed E-state index contributed by atoms with van der Waals surface area (Å²) >= 11 is 5.92. The molecule has 0 amide bonds. The third kappa shape index (κ3) is 2.28. The van der Waals surface area contributed by atoms with Crippen LogP contribution in [0.3, 0.4) is 0 Å². The largest absolute Gasteiger partial charge is 0.352 e. The fraction of sp³-hybridized carbons (Fsp3) is 0.0909. The Morgan fingerprint density at radius 1 is 1.12 bits per heavy atom. The molecule has 2 aromatic rings. The van der Waals surface area contributed by atoms with Crippen molar-refractivity contribution < 1.29 is 8.42 Å². The molecule has 0 saturated carbocycles. The number of nitrogens with one attached hydrogen (secondary N) is 1. The smallest absolute Gasteiger partial charge is 0.197 e. The molecule has 1 aromatic heterocycles. The number of sulfone groups is 1. The summed E-state index contributed by atoms with van der Waals surface area (Å²) in [6.45, 7) is 0. The first kappa shape index (κ1) is 11.2. The van der Waals surface area contributed by atoms with E-state index in [0.29, 0.717) is 10.6 Å². The molecule has 0 bridgehead atoms. The first-order valence-electron chi connectivity index (χ1n) is 4.69. The van der Waals surface area contributed by atoms with E-state index in [1.165, 1.54) is 6.07 Å². The quantitative estimate of drug-likeness (QED) is 0.917. The van der Waals surface area contributed by atoms with Gasteiger partial charge in [-0.15, -0.1) is 0 Å². The second kappa shape index (κ2) is 4.31. The van der Waals surface area contributed by atoms with Crippen LogP contribution < -0.4 is 0 Å². The van der Waals surface area contributed by atoms with Crippen LogP contribution in [-0.4, -0.2) is 13.4 Å². The van der Waals surface area contributed by atoms with Crippen LogP contribution in [0.1, 0.15) is 5.56 Å². The normalized spacial score (nSPS) is 11.6. The van der Waals surface area contributed by atoms with E-state index in [1.807, 2.05) is 0 Å². The molecule has 3 nitrogen and oxygen atoms in total. The van der Waals surface area contributed by atoms with E-state index in [1.54, 1.807) is 36.5 Å². The number of rotatable bonds is 3. The van der Waals surface area contributed by atoms with Crippen LogP contribution in [0.25, 0.3) is 0 Å². The lowest BCUT2D eigenvalue weighted by Gasteiger charge is -2.04. The standard InChI is InChI=1S/C11H10ClNO2S/c12-10-5-2-1-4-9(10)8-16(14,15)11-6-3-7-13-11/h1-7,13H,8H2. The SMILES string of the molecule is O=S(=O)(Cc1ccccc1Cl)c1ccc[nH]1. The van der Waals surface area contributed by atoms with Gasteiger partial charge in [-0.25, -0.2) is 8.42 Å². The van der Waals surface area contributed by atoms with E-state index < -0.39 is 9.84 Å². The lowest BCUT2D eigenvalue weighted by atomic mass is 10.2. The minimum atomic E-state index is -3.33. The molecule has 5 heteroatoms. The van der Waals surface area contributed by atoms with Crippen LogP contribution in [0.15, 0.2) is 47.6 Å². The van der Waals surface area contributed by atoms with Crippen LogP contribution in [0, 0.1) is 0 Å². The molecule has 0 spiro atoms. The van der Waals surface area contributed by atoms with Gasteiger partial charge in [-0.05, 0) is 23.8 Å². The zero-order valence-electron chi connectivity index (χ0n) is 8.35. The van der Waals surface area contributed by atoms with Crippen molar-refractivity contribution in [2.45, 2.75) is 10.8 Å². The van der Waals surface area contributed by atoms with Crippen molar-refractivity contribution in [1.82, 2.24) is 4.98 Å². The highest BCUT2D eigenvalue weighted by Gasteiger charge is 2.17. The number of benzene rings is 1. The van der Waals surface area contributed by atoms with Crippen molar-refractivity contribution in [2.75, 3.05) is 0 Å². The highest BCUT2D eigenvalue weighted by molar-refractivity contribution is 7.90. The average Bonchev–Trinajstić information content (AvgIpc) is 2.75. The van der Waals surface area contributed by atoms with E-state index in [0.717, 1.165) is 0 Å². The van der Waals surface area contributed by atoms with Gasteiger partial charge in [0.05, 0.1) is 5.75 Å². The molecule has 0 aliphatic heterocycles. The van der Waals surface area contributed by atoms with Gasteiger partial charge in [-0.2, -0.15) is 0 Å². The monoisotopic (exact) mass is 255 g/mol. The fourth-order valence-corrected chi connectivity index (χ4v) is 3.04. The van der Waals surface area contributed by atoms with Crippen LogP contribution >= 0.6 is 11.6 Å². The summed E-state index contributed by atoms with van der Waals surface area (Å²) in [6.07, 6.45) is 1.58. The summed E-state index contributed by atoms with van der Waals surface area (Å²) in [7, 11) is -3.33. The Kier molecular flexibility index (Phi) is 3.03. The highest BCUT2D eigenvalue weighted by atomic mass is 35.5. The minimum absolute atomic E-state index is 0.0901. The highest BCUT2D eigenvalue weighted by Crippen LogP contribution is 2.20. The maximum Gasteiger partial charge on any atom is 0.197 e. The summed E-state index contributed by atoms with van der Waals surface area (Å²) in [5.74, 6) is -0.0901. The third-order valence-electron chi connectivity index (χ3n) is 2.21. The van der Waals surface area contributed by atoms with Crippen molar-refractivity contribution in [1.29, 1.82) is 0 Å². The summed E-state index contributed by atoms with van der Waals surface area (Å²) in [5, 5.41) is 0.685. The Morgan fingerprint density at radius 3 is 2.50 bits per heavy atom. The Labute approximate surface area is 99.0 Å². The van der Waals surface area contributed by atoms with Gasteiger partial charge in [0.15, 0.2) is 9.84 Å². The zero-order chi connectivity index (χ0) is 11.6. The molecule has 2 rings (SSSR count). The summed E-state index contributed by atoms with van der Waals surface area (Å²) < 4.78 is 23.9. The number of hydrogen-bond donors (Lipinski definition) is 1. The molecule has 0 fully saturated rings. The lowest BCUT2D eigenvalue weighted by Crippen LogP contribution is -2.05. The molecule has 0 atom stereocenters. The topological polar surface area (TPSA) is 49.9 Å². The summed E-state index contributed by atoms with van der Waals surface area (Å²) in [5.41, 5.74) is 0.610. The minimum Gasteiger partial charge on any atom is -0.352 e. The van der Waals surface area contributed by atoms with Crippen LogP contribution in [-0.2, 0) is 15.6 Å². The predicted octanol–water partition coefficient (Wildman–Crippen LogP) is 2.64. The van der Waals surface area contributed by atoms with E-state index in [4.69, 9.17) is 11.6 Å². The van der Waals surface area contributed by atoms with Gasteiger partial charge in [0.1, 0.15) is 5.03 Å².